The number of aliphatic hydroxyl groups excluding tert-OH is 2. The van der Waals surface area contributed by atoms with Crippen LogP contribution in [0.1, 0.15) is 387 Å². The minimum atomic E-state index is -1.06. The van der Waals surface area contributed by atoms with Gasteiger partial charge in [0.1, 0.15) is 24.4 Å². The summed E-state index contributed by atoms with van der Waals surface area (Å²) in [6.07, 6.45) is 87.9. The maximum absolute atomic E-state index is 11.5. The van der Waals surface area contributed by atoms with E-state index in [1.165, 1.54) is 315 Å². The smallest absolute Gasteiger partial charge is 0.115 e. The summed E-state index contributed by atoms with van der Waals surface area (Å²) >= 11 is 0. The molecule has 0 aromatic rings. The van der Waals surface area contributed by atoms with E-state index >= 15 is 0 Å². The van der Waals surface area contributed by atoms with E-state index in [1.807, 2.05) is 0 Å². The molecule has 0 aromatic carbocycles. The second kappa shape index (κ2) is 74.2. The van der Waals surface area contributed by atoms with E-state index in [-0.39, 0.29) is 12.7 Å². The molecule has 0 fully saturated rings. The number of unbranched alkanes of at least 4 members (excludes halogenated alkanes) is 48. The molecule has 498 valence electrons. The molecular formula is C78H150O6. The molecule has 2 N–H and O–H groups in total. The van der Waals surface area contributed by atoms with E-state index in [4.69, 9.17) is 18.9 Å². The number of hydrogen-bond donors (Lipinski definition) is 2. The standard InChI is InChI=1S/C78H150O6/c1-5-9-13-17-21-25-29-33-37-41-45-49-53-57-61-65-69-81-74-76(82-70-66-62-58-54-50-46-42-38-34-30-26-22-18-14-10-6-2)78(84-72-68-64-60-56-52-48-44-40-36-32-28-24-20-16-12-8-4)77(75(80)73-79)83-71-67-63-59-55-51-47-43-39-35-31-27-23-19-15-11-7-3/h33-40,75-80H,5-32,41-74H2,1-4H3/b37-33-,38-34-,39-35-,40-36-/t75-,76+,77-,78-/m1/s1. The monoisotopic (exact) mass is 1180 g/mol. The topological polar surface area (TPSA) is 77.4 Å². The Morgan fingerprint density at radius 2 is 0.464 bits per heavy atom. The Kier molecular flexibility index (Phi) is 73.1. The van der Waals surface area contributed by atoms with Crippen molar-refractivity contribution in [1.29, 1.82) is 0 Å². The van der Waals surface area contributed by atoms with Crippen LogP contribution in [0.2, 0.25) is 0 Å². The van der Waals surface area contributed by atoms with Gasteiger partial charge in [0.25, 0.3) is 0 Å². The zero-order chi connectivity index (χ0) is 60.6. The Hall–Kier alpha value is -1.28. The highest BCUT2D eigenvalue weighted by Gasteiger charge is 2.37. The minimum absolute atomic E-state index is 0.371. The normalized spacial score (nSPS) is 13.7. The van der Waals surface area contributed by atoms with Crippen molar-refractivity contribution in [3.05, 3.63) is 48.6 Å². The van der Waals surface area contributed by atoms with Crippen LogP contribution in [-0.2, 0) is 18.9 Å². The predicted molar refractivity (Wildman–Crippen MR) is 371 cm³/mol. The van der Waals surface area contributed by atoms with Gasteiger partial charge in [-0.2, -0.15) is 0 Å². The third-order valence-corrected chi connectivity index (χ3v) is 17.3. The van der Waals surface area contributed by atoms with Crippen LogP contribution in [0.25, 0.3) is 0 Å². The zero-order valence-electron chi connectivity index (χ0n) is 57.3. The molecule has 0 amide bonds. The van der Waals surface area contributed by atoms with Gasteiger partial charge >= 0.3 is 0 Å². The molecule has 0 heterocycles. The lowest BCUT2D eigenvalue weighted by atomic mass is 10.0. The van der Waals surface area contributed by atoms with Crippen molar-refractivity contribution in [1.82, 2.24) is 0 Å². The van der Waals surface area contributed by atoms with Gasteiger partial charge in [0.05, 0.1) is 13.2 Å². The summed E-state index contributed by atoms with van der Waals surface area (Å²) in [5.74, 6) is 0. The van der Waals surface area contributed by atoms with Crippen molar-refractivity contribution in [2.24, 2.45) is 0 Å². The van der Waals surface area contributed by atoms with Crippen LogP contribution in [0.4, 0.5) is 0 Å². The Morgan fingerprint density at radius 3 is 0.726 bits per heavy atom. The summed E-state index contributed by atoms with van der Waals surface area (Å²) in [4.78, 5) is 0. The van der Waals surface area contributed by atoms with Gasteiger partial charge < -0.3 is 29.2 Å². The molecule has 0 aliphatic carbocycles. The summed E-state index contributed by atoms with van der Waals surface area (Å²) in [6, 6.07) is 0. The summed E-state index contributed by atoms with van der Waals surface area (Å²) in [6.45, 7) is 11.6. The highest BCUT2D eigenvalue weighted by Crippen LogP contribution is 2.22. The number of ether oxygens (including phenoxy) is 4. The number of aliphatic hydroxyl groups is 2. The molecule has 0 aromatic heterocycles. The van der Waals surface area contributed by atoms with Crippen LogP contribution in [0, 0.1) is 0 Å². The molecule has 6 nitrogen and oxygen atoms in total. The van der Waals surface area contributed by atoms with E-state index < -0.39 is 18.3 Å². The SMILES string of the molecule is CCCCCCCC/C=C\CCCCCCCCOC[C@H](OCCCCCCCC/C=C\CCCCCCCC)[C@@H](OCCCCCCCC/C=C\CCCCCCCC)[C@H](OCCCCCCCC/C=C\CCCCCCCC)[C@H](O)CO. The van der Waals surface area contributed by atoms with Gasteiger partial charge in [0, 0.05) is 26.4 Å². The second-order valence-electron chi connectivity index (χ2n) is 25.7. The van der Waals surface area contributed by atoms with Crippen molar-refractivity contribution in [2.75, 3.05) is 39.6 Å². The molecule has 0 saturated heterocycles. The van der Waals surface area contributed by atoms with Crippen LogP contribution in [0.15, 0.2) is 48.6 Å². The Labute approximate surface area is 526 Å². The molecule has 0 aliphatic heterocycles. The van der Waals surface area contributed by atoms with E-state index in [2.05, 4.69) is 76.3 Å². The Bertz CT molecular complexity index is 1310. The number of hydrogen-bond acceptors (Lipinski definition) is 6. The van der Waals surface area contributed by atoms with Crippen LogP contribution >= 0.6 is 0 Å². The molecule has 0 unspecified atom stereocenters. The molecular weight excluding hydrogens is 1030 g/mol. The van der Waals surface area contributed by atoms with Crippen LogP contribution < -0.4 is 0 Å². The molecule has 0 bridgehead atoms. The lowest BCUT2D eigenvalue weighted by Gasteiger charge is -2.35. The van der Waals surface area contributed by atoms with Crippen molar-refractivity contribution in [2.45, 2.75) is 412 Å². The molecule has 6 heteroatoms. The maximum Gasteiger partial charge on any atom is 0.115 e. The highest BCUT2D eigenvalue weighted by molar-refractivity contribution is 4.87. The summed E-state index contributed by atoms with van der Waals surface area (Å²) < 4.78 is 26.8. The third kappa shape index (κ3) is 63.7. The quantitative estimate of drug-likeness (QED) is 0.0467. The highest BCUT2D eigenvalue weighted by atomic mass is 16.6. The van der Waals surface area contributed by atoms with Gasteiger partial charge in [-0.1, -0.05) is 307 Å². The molecule has 0 aliphatic rings. The molecule has 4 atom stereocenters. The van der Waals surface area contributed by atoms with Gasteiger partial charge in [-0.05, 0) is 128 Å². The summed E-state index contributed by atoms with van der Waals surface area (Å²) in [5, 5.41) is 22.0. The van der Waals surface area contributed by atoms with Gasteiger partial charge in [-0.3, -0.25) is 0 Å². The van der Waals surface area contributed by atoms with E-state index in [1.54, 1.807) is 0 Å². The molecule has 0 saturated carbocycles. The molecule has 84 heavy (non-hydrogen) atoms. The largest absolute Gasteiger partial charge is 0.394 e. The van der Waals surface area contributed by atoms with Crippen molar-refractivity contribution in [3.8, 4) is 0 Å². The minimum Gasteiger partial charge on any atom is -0.394 e. The summed E-state index contributed by atoms with van der Waals surface area (Å²) in [7, 11) is 0. The van der Waals surface area contributed by atoms with Crippen LogP contribution in [-0.4, -0.2) is 74.3 Å². The Morgan fingerprint density at radius 1 is 0.250 bits per heavy atom. The first-order valence-corrected chi connectivity index (χ1v) is 38.0. The fourth-order valence-corrected chi connectivity index (χ4v) is 11.6. The average molecular weight is 1180 g/mol. The van der Waals surface area contributed by atoms with Crippen molar-refractivity contribution < 1.29 is 29.2 Å². The van der Waals surface area contributed by atoms with E-state index in [0.29, 0.717) is 33.0 Å². The Balaban J connectivity index is 5.46. The third-order valence-electron chi connectivity index (χ3n) is 17.3. The maximum atomic E-state index is 11.5. The second-order valence-corrected chi connectivity index (χ2v) is 25.7. The van der Waals surface area contributed by atoms with Gasteiger partial charge in [-0.25, -0.2) is 0 Å². The summed E-state index contributed by atoms with van der Waals surface area (Å²) in [5.41, 5.74) is 0. The first kappa shape index (κ1) is 82.7. The number of rotatable bonds is 73. The fraction of sp³-hybridized carbons (Fsp3) is 0.897. The van der Waals surface area contributed by atoms with E-state index in [0.717, 1.165) is 44.9 Å². The number of allylic oxidation sites excluding steroid dienone is 8. The lowest BCUT2D eigenvalue weighted by molar-refractivity contribution is -0.185. The van der Waals surface area contributed by atoms with E-state index in [9.17, 15) is 10.2 Å². The predicted octanol–water partition coefficient (Wildman–Crippen LogP) is 24.7. The van der Waals surface area contributed by atoms with Crippen LogP contribution in [0.3, 0.4) is 0 Å². The van der Waals surface area contributed by atoms with Gasteiger partial charge in [0.15, 0.2) is 0 Å². The fourth-order valence-electron chi connectivity index (χ4n) is 11.6. The van der Waals surface area contributed by atoms with Gasteiger partial charge in [-0.15, -0.1) is 0 Å². The first-order valence-electron chi connectivity index (χ1n) is 38.0. The lowest BCUT2D eigenvalue weighted by Crippen LogP contribution is -2.51. The zero-order valence-corrected chi connectivity index (χ0v) is 57.3. The van der Waals surface area contributed by atoms with Crippen LogP contribution in [0.5, 0.6) is 0 Å². The molecule has 0 rings (SSSR count). The van der Waals surface area contributed by atoms with Gasteiger partial charge in [0.2, 0.25) is 0 Å². The molecule has 0 spiro atoms. The van der Waals surface area contributed by atoms with Crippen molar-refractivity contribution >= 4 is 0 Å². The molecule has 0 radical (unpaired) electrons. The average Bonchev–Trinajstić information content (AvgIpc) is 3.58. The first-order chi connectivity index (χ1) is 41.7. The van der Waals surface area contributed by atoms with Crippen molar-refractivity contribution in [3.63, 3.8) is 0 Å².